The Morgan fingerprint density at radius 1 is 1.11 bits per heavy atom. The zero-order valence-corrected chi connectivity index (χ0v) is 16.5. The third-order valence-corrected chi connectivity index (χ3v) is 5.00. The Balaban J connectivity index is 2.24. The van der Waals surface area contributed by atoms with Crippen molar-refractivity contribution in [3.8, 4) is 0 Å². The van der Waals surface area contributed by atoms with Gasteiger partial charge in [-0.15, -0.1) is 0 Å². The molecule has 0 saturated heterocycles. The number of ether oxygens (including phenoxy) is 1. The number of benzene rings is 2. The molecule has 8 heteroatoms. The van der Waals surface area contributed by atoms with Crippen molar-refractivity contribution in [2.75, 3.05) is 29.5 Å². The van der Waals surface area contributed by atoms with Crippen molar-refractivity contribution in [3.63, 3.8) is 0 Å². The van der Waals surface area contributed by atoms with E-state index in [2.05, 4.69) is 10.1 Å². The van der Waals surface area contributed by atoms with Gasteiger partial charge in [-0.25, -0.2) is 13.2 Å². The minimum atomic E-state index is -3.67. The number of aryl methyl sites for hydroxylation is 2. The molecule has 1 amide bonds. The lowest BCUT2D eigenvalue weighted by Crippen LogP contribution is -2.37. The van der Waals surface area contributed by atoms with Crippen LogP contribution in [-0.2, 0) is 19.6 Å². The normalized spacial score (nSPS) is 11.0. The third kappa shape index (κ3) is 5.30. The van der Waals surface area contributed by atoms with Gasteiger partial charge in [0.1, 0.15) is 6.54 Å². The van der Waals surface area contributed by atoms with Crippen molar-refractivity contribution >= 4 is 33.3 Å². The quantitative estimate of drug-likeness (QED) is 0.765. The van der Waals surface area contributed by atoms with E-state index in [-0.39, 0.29) is 12.1 Å². The highest BCUT2D eigenvalue weighted by molar-refractivity contribution is 7.92. The number of methoxy groups -OCH3 is 1. The van der Waals surface area contributed by atoms with Crippen molar-refractivity contribution < 1.29 is 22.7 Å². The van der Waals surface area contributed by atoms with Crippen LogP contribution in [0.3, 0.4) is 0 Å². The first-order valence-electron chi connectivity index (χ1n) is 8.15. The van der Waals surface area contributed by atoms with Crippen molar-refractivity contribution in [2.45, 2.75) is 13.8 Å². The molecule has 0 heterocycles. The van der Waals surface area contributed by atoms with E-state index in [1.807, 2.05) is 13.0 Å². The van der Waals surface area contributed by atoms with E-state index in [1.165, 1.54) is 13.2 Å². The van der Waals surface area contributed by atoms with Gasteiger partial charge in [0.15, 0.2) is 0 Å². The summed E-state index contributed by atoms with van der Waals surface area (Å²) in [4.78, 5) is 24.0. The number of esters is 1. The number of nitrogens with one attached hydrogen (secondary N) is 1. The van der Waals surface area contributed by atoms with Crippen molar-refractivity contribution in [1.82, 2.24) is 0 Å². The number of nitrogens with zero attached hydrogens (tertiary/aromatic N) is 1. The van der Waals surface area contributed by atoms with E-state index in [1.54, 1.807) is 37.3 Å². The Labute approximate surface area is 159 Å². The summed E-state index contributed by atoms with van der Waals surface area (Å²) in [6.07, 6.45) is 1.05. The minimum absolute atomic E-state index is 0.282. The lowest BCUT2D eigenvalue weighted by molar-refractivity contribution is -0.114. The average Bonchev–Trinajstić information content (AvgIpc) is 2.59. The Morgan fingerprint density at radius 3 is 2.41 bits per heavy atom. The van der Waals surface area contributed by atoms with Gasteiger partial charge >= 0.3 is 5.97 Å². The maximum absolute atomic E-state index is 12.4. The average molecular weight is 390 g/mol. The summed E-state index contributed by atoms with van der Waals surface area (Å²) in [6.45, 7) is 3.31. The fraction of sp³-hybridized carbons (Fsp3) is 0.263. The second-order valence-electron chi connectivity index (χ2n) is 6.18. The first-order chi connectivity index (χ1) is 12.6. The predicted molar refractivity (Wildman–Crippen MR) is 105 cm³/mol. The van der Waals surface area contributed by atoms with Crippen LogP contribution in [-0.4, -0.2) is 40.2 Å². The highest BCUT2D eigenvalue weighted by Gasteiger charge is 2.22. The van der Waals surface area contributed by atoms with Crippen LogP contribution in [0, 0.1) is 13.8 Å². The van der Waals surface area contributed by atoms with Gasteiger partial charge in [0.05, 0.1) is 24.6 Å². The lowest BCUT2D eigenvalue weighted by Gasteiger charge is -2.24. The van der Waals surface area contributed by atoms with Crippen molar-refractivity contribution in [3.05, 3.63) is 59.2 Å². The molecular weight excluding hydrogens is 368 g/mol. The van der Waals surface area contributed by atoms with Crippen LogP contribution in [0.4, 0.5) is 11.4 Å². The van der Waals surface area contributed by atoms with Crippen LogP contribution < -0.4 is 9.62 Å². The van der Waals surface area contributed by atoms with Crippen LogP contribution >= 0.6 is 0 Å². The topological polar surface area (TPSA) is 92.8 Å². The number of anilines is 2. The van der Waals surface area contributed by atoms with Gasteiger partial charge in [-0.3, -0.25) is 9.10 Å². The summed E-state index contributed by atoms with van der Waals surface area (Å²) in [6, 6.07) is 11.5. The molecule has 0 radical (unpaired) electrons. The molecule has 1 N–H and O–H groups in total. The first-order valence-corrected chi connectivity index (χ1v) is 10.00. The SMILES string of the molecule is COC(=O)c1cccc(NC(=O)CN(c2ccc(C)cc2C)S(C)(=O)=O)c1. The van der Waals surface area contributed by atoms with Crippen LogP contribution in [0.5, 0.6) is 0 Å². The Kier molecular flexibility index (Phi) is 6.22. The molecule has 2 aromatic rings. The smallest absolute Gasteiger partial charge is 0.337 e. The molecule has 2 rings (SSSR count). The number of carbonyl (C=O) groups is 2. The summed E-state index contributed by atoms with van der Waals surface area (Å²) in [5.74, 6) is -1.05. The van der Waals surface area contributed by atoms with Crippen molar-refractivity contribution in [1.29, 1.82) is 0 Å². The molecule has 144 valence electrons. The number of amides is 1. The zero-order chi connectivity index (χ0) is 20.2. The third-order valence-electron chi connectivity index (χ3n) is 3.88. The van der Waals surface area contributed by atoms with E-state index in [4.69, 9.17) is 0 Å². The maximum Gasteiger partial charge on any atom is 0.337 e. The van der Waals surface area contributed by atoms with Gasteiger partial charge in [0, 0.05) is 5.69 Å². The lowest BCUT2D eigenvalue weighted by atomic mass is 10.1. The Morgan fingerprint density at radius 2 is 1.81 bits per heavy atom. The van der Waals surface area contributed by atoms with E-state index >= 15 is 0 Å². The fourth-order valence-electron chi connectivity index (χ4n) is 2.64. The fourth-order valence-corrected chi connectivity index (χ4v) is 3.55. The van der Waals surface area contributed by atoms with E-state index in [0.717, 1.165) is 21.7 Å². The highest BCUT2D eigenvalue weighted by atomic mass is 32.2. The summed E-state index contributed by atoms with van der Waals surface area (Å²) < 4.78 is 30.2. The minimum Gasteiger partial charge on any atom is -0.465 e. The Hall–Kier alpha value is -2.87. The number of hydrogen-bond donors (Lipinski definition) is 1. The van der Waals surface area contributed by atoms with Gasteiger partial charge in [0.25, 0.3) is 0 Å². The highest BCUT2D eigenvalue weighted by Crippen LogP contribution is 2.23. The second kappa shape index (κ2) is 8.22. The van der Waals surface area contributed by atoms with Crippen LogP contribution in [0.2, 0.25) is 0 Å². The maximum atomic E-state index is 12.4. The molecular formula is C19H22N2O5S. The van der Waals surface area contributed by atoms with Gasteiger partial charge < -0.3 is 10.1 Å². The molecule has 0 aliphatic carbocycles. The van der Waals surface area contributed by atoms with Gasteiger partial charge in [0.2, 0.25) is 15.9 Å². The summed E-state index contributed by atoms with van der Waals surface area (Å²) in [7, 11) is -2.40. The molecule has 2 aromatic carbocycles. The number of hydrogen-bond acceptors (Lipinski definition) is 5. The molecule has 0 spiro atoms. The zero-order valence-electron chi connectivity index (χ0n) is 15.6. The number of carbonyl (C=O) groups excluding carboxylic acids is 2. The molecule has 0 aromatic heterocycles. The predicted octanol–water partition coefficient (Wildman–Crippen LogP) is 2.49. The molecule has 27 heavy (non-hydrogen) atoms. The van der Waals surface area contributed by atoms with Crippen LogP contribution in [0.15, 0.2) is 42.5 Å². The molecule has 0 fully saturated rings. The summed E-state index contributed by atoms with van der Waals surface area (Å²) in [5, 5.41) is 2.61. The van der Waals surface area contributed by atoms with Crippen molar-refractivity contribution in [2.24, 2.45) is 0 Å². The van der Waals surface area contributed by atoms with Crippen LogP contribution in [0.25, 0.3) is 0 Å². The monoisotopic (exact) mass is 390 g/mol. The van der Waals surface area contributed by atoms with Gasteiger partial charge in [-0.1, -0.05) is 23.8 Å². The van der Waals surface area contributed by atoms with E-state index < -0.39 is 21.9 Å². The second-order valence-corrected chi connectivity index (χ2v) is 8.09. The molecule has 7 nitrogen and oxygen atoms in total. The standard InChI is InChI=1S/C19H22N2O5S/c1-13-8-9-17(14(2)10-13)21(27(4,24)25)12-18(22)20-16-7-5-6-15(11-16)19(23)26-3/h5-11H,12H2,1-4H3,(H,20,22). The molecule has 0 atom stereocenters. The Bertz CT molecular complexity index is 970. The summed E-state index contributed by atoms with van der Waals surface area (Å²) in [5.41, 5.74) is 2.85. The summed E-state index contributed by atoms with van der Waals surface area (Å²) >= 11 is 0. The van der Waals surface area contributed by atoms with Gasteiger partial charge in [-0.05, 0) is 43.7 Å². The largest absolute Gasteiger partial charge is 0.465 e. The van der Waals surface area contributed by atoms with Gasteiger partial charge in [-0.2, -0.15) is 0 Å². The number of rotatable bonds is 6. The first kappa shape index (κ1) is 20.4. The molecule has 0 saturated carbocycles. The molecule has 0 aliphatic heterocycles. The molecule has 0 bridgehead atoms. The van der Waals surface area contributed by atoms with E-state index in [9.17, 15) is 18.0 Å². The molecule has 0 aliphatic rings. The number of sulfonamides is 1. The molecule has 0 unspecified atom stereocenters. The van der Waals surface area contributed by atoms with Crippen LogP contribution in [0.1, 0.15) is 21.5 Å². The van der Waals surface area contributed by atoms with E-state index in [0.29, 0.717) is 11.4 Å².